The molecule has 0 radical (unpaired) electrons. The van der Waals surface area contributed by atoms with E-state index in [1.54, 1.807) is 0 Å². The quantitative estimate of drug-likeness (QED) is 0.323. The molecule has 3 nitrogen and oxygen atoms in total. The topological polar surface area (TPSA) is 46.5 Å². The summed E-state index contributed by atoms with van der Waals surface area (Å²) in [5, 5.41) is 7.29. The number of hydrogen-bond donors (Lipinski definition) is 1. The Balaban J connectivity index is -0.0000000267. The van der Waals surface area contributed by atoms with Gasteiger partial charge in [0.2, 0.25) is 0 Å². The number of hydrogen-bond acceptors (Lipinski definition) is 3. The van der Waals surface area contributed by atoms with Gasteiger partial charge in [-0.2, -0.15) is 5.26 Å². The molecule has 6 heteroatoms. The molecule has 0 aliphatic rings. The summed E-state index contributed by atoms with van der Waals surface area (Å²) in [7, 11) is 0. The summed E-state index contributed by atoms with van der Waals surface area (Å²) in [6, 6.07) is 0. The molecule has 0 amide bonds. The van der Waals surface area contributed by atoms with Crippen LogP contribution in [0.2, 0.25) is 0 Å². The van der Waals surface area contributed by atoms with E-state index < -0.39 is 5.97 Å². The Morgan fingerprint density at radius 1 is 1.50 bits per heavy atom. The van der Waals surface area contributed by atoms with Crippen molar-refractivity contribution in [3.8, 4) is 0 Å². The molecule has 0 bridgehead atoms. The average molecular weight is 205 g/mol. The van der Waals surface area contributed by atoms with E-state index in [1.165, 1.54) is 0 Å². The van der Waals surface area contributed by atoms with Gasteiger partial charge in [-0.05, 0) is 0 Å². The third kappa shape index (κ3) is 24.7. The molecule has 8 heavy (non-hydrogen) atoms. The Labute approximate surface area is 102 Å². The molecule has 0 heterocycles. The Morgan fingerprint density at radius 3 is 1.62 bits per heavy atom. The number of carbonyl (C=O) groups is 1. The molecular weight excluding hydrogens is 198 g/mol. The molecule has 0 aliphatic carbocycles. The number of carbonyl (C=O) groups excluding carboxylic acids is 1. The fourth-order valence-electron chi connectivity index (χ4n) is 0. The van der Waals surface area contributed by atoms with Gasteiger partial charge in [0.1, 0.15) is 0 Å². The monoisotopic (exact) mass is 204 g/mol. The summed E-state index contributed by atoms with van der Waals surface area (Å²) < 4.78 is 0. The van der Waals surface area contributed by atoms with Gasteiger partial charge in [0.25, 0.3) is 0 Å². The fraction of sp³-hybridized carbons (Fsp3) is 0.500. The van der Waals surface area contributed by atoms with Crippen LogP contribution in [0.25, 0.3) is 0 Å². The maximum absolute atomic E-state index is 9.34. The van der Waals surface area contributed by atoms with Crippen LogP contribution in [-0.2, 0) is 9.68 Å². The van der Waals surface area contributed by atoms with Crippen LogP contribution >= 0.6 is 17.0 Å². The van der Waals surface area contributed by atoms with Gasteiger partial charge in [0, 0.05) is 6.92 Å². The Morgan fingerprint density at radius 2 is 1.62 bits per heavy atom. The third-order valence-electron chi connectivity index (χ3n) is 0.129. The van der Waals surface area contributed by atoms with Crippen molar-refractivity contribution in [3.63, 3.8) is 0 Å². The molecular formula is C2H7BrNa2O3. The first-order valence-corrected chi connectivity index (χ1v) is 1.09. The summed E-state index contributed by atoms with van der Waals surface area (Å²) >= 11 is 0. The minimum absolute atomic E-state index is 0. The van der Waals surface area contributed by atoms with Crippen molar-refractivity contribution in [3.05, 3.63) is 0 Å². The summed E-state index contributed by atoms with van der Waals surface area (Å²) in [6.45, 7) is 1.11. The van der Waals surface area contributed by atoms with Crippen molar-refractivity contribution in [1.29, 1.82) is 0 Å². The SMILES string of the molecule is Br.CC(=O)OO.[NaH].[NaH]. The van der Waals surface area contributed by atoms with Crippen molar-refractivity contribution >= 4 is 82.1 Å². The summed E-state index contributed by atoms with van der Waals surface area (Å²) in [5.41, 5.74) is 0. The normalized spacial score (nSPS) is 4.25. The van der Waals surface area contributed by atoms with Crippen LogP contribution < -0.4 is 0 Å². The van der Waals surface area contributed by atoms with Gasteiger partial charge in [-0.15, -0.1) is 17.0 Å². The van der Waals surface area contributed by atoms with Gasteiger partial charge in [0.05, 0.1) is 0 Å². The van der Waals surface area contributed by atoms with E-state index in [2.05, 4.69) is 4.89 Å². The van der Waals surface area contributed by atoms with Gasteiger partial charge in [-0.3, -0.25) is 0 Å². The minimum atomic E-state index is -0.690. The van der Waals surface area contributed by atoms with E-state index in [9.17, 15) is 4.79 Å². The van der Waals surface area contributed by atoms with Gasteiger partial charge in [-0.25, -0.2) is 4.79 Å². The molecule has 0 spiro atoms. The number of halogens is 1. The average Bonchev–Trinajstić information content (AvgIpc) is 1.38. The zero-order valence-corrected chi connectivity index (χ0v) is 4.89. The van der Waals surface area contributed by atoms with Crippen LogP contribution in [0.5, 0.6) is 0 Å². The molecule has 42 valence electrons. The van der Waals surface area contributed by atoms with E-state index >= 15 is 0 Å². The number of rotatable bonds is 0. The van der Waals surface area contributed by atoms with Crippen LogP contribution in [0.1, 0.15) is 6.92 Å². The molecule has 0 atom stereocenters. The predicted molar refractivity (Wildman–Crippen MR) is 39.0 cm³/mol. The standard InChI is InChI=1S/C2H4O3.BrH.2Na.2H/c1-2(3)5-4;;;;;/h4H,1H3;1H;;;;. The molecule has 0 aromatic heterocycles. The summed E-state index contributed by atoms with van der Waals surface area (Å²) in [4.78, 5) is 12.5. The van der Waals surface area contributed by atoms with Gasteiger partial charge < -0.3 is 4.89 Å². The van der Waals surface area contributed by atoms with Gasteiger partial charge in [0.15, 0.2) is 0 Å². The van der Waals surface area contributed by atoms with E-state index in [1.807, 2.05) is 0 Å². The molecule has 0 aliphatic heterocycles. The molecule has 0 rings (SSSR count). The van der Waals surface area contributed by atoms with Crippen molar-refractivity contribution in [2.24, 2.45) is 0 Å². The van der Waals surface area contributed by atoms with Crippen molar-refractivity contribution < 1.29 is 14.9 Å². The zero-order valence-electron chi connectivity index (χ0n) is 3.17. The molecule has 1 N–H and O–H groups in total. The van der Waals surface area contributed by atoms with Gasteiger partial charge in [-0.1, -0.05) is 0 Å². The second kappa shape index (κ2) is 16.0. The van der Waals surface area contributed by atoms with E-state index in [0.717, 1.165) is 6.92 Å². The van der Waals surface area contributed by atoms with Crippen LogP contribution in [0.15, 0.2) is 0 Å². The van der Waals surface area contributed by atoms with Crippen molar-refractivity contribution in [2.45, 2.75) is 6.92 Å². The summed E-state index contributed by atoms with van der Waals surface area (Å²) in [6.07, 6.45) is 0. The molecule has 0 saturated carbocycles. The van der Waals surface area contributed by atoms with E-state index in [4.69, 9.17) is 5.26 Å². The maximum atomic E-state index is 9.34. The Bertz CT molecular complexity index is 50.5. The molecule has 0 unspecified atom stereocenters. The molecule has 0 fully saturated rings. The third-order valence-corrected chi connectivity index (χ3v) is 0.129. The molecule has 0 aromatic carbocycles. The van der Waals surface area contributed by atoms with Gasteiger partial charge >= 0.3 is 65.1 Å². The Hall–Kier alpha value is 1.91. The van der Waals surface area contributed by atoms with Crippen LogP contribution in [-0.4, -0.2) is 70.3 Å². The fourth-order valence-corrected chi connectivity index (χ4v) is 0. The predicted octanol–water partition coefficient (Wildman–Crippen LogP) is -0.697. The summed E-state index contributed by atoms with van der Waals surface area (Å²) in [5.74, 6) is -0.690. The zero-order chi connectivity index (χ0) is 4.28. The first-order chi connectivity index (χ1) is 2.27. The van der Waals surface area contributed by atoms with Crippen LogP contribution in [0, 0.1) is 0 Å². The first-order valence-electron chi connectivity index (χ1n) is 1.09. The van der Waals surface area contributed by atoms with Crippen molar-refractivity contribution in [1.82, 2.24) is 0 Å². The molecule has 0 aromatic rings. The second-order valence-corrected chi connectivity index (χ2v) is 0.583. The second-order valence-electron chi connectivity index (χ2n) is 0.583. The van der Waals surface area contributed by atoms with E-state index in [-0.39, 0.29) is 76.1 Å². The van der Waals surface area contributed by atoms with Crippen molar-refractivity contribution in [2.75, 3.05) is 0 Å². The van der Waals surface area contributed by atoms with Crippen LogP contribution in [0.3, 0.4) is 0 Å². The van der Waals surface area contributed by atoms with E-state index in [0.29, 0.717) is 0 Å². The first kappa shape index (κ1) is 22.5. The van der Waals surface area contributed by atoms with Crippen LogP contribution in [0.4, 0.5) is 0 Å². The molecule has 0 saturated heterocycles. The Kier molecular flexibility index (Phi) is 44.9.